The average molecular weight is 320 g/mol. The van der Waals surface area contributed by atoms with Crippen LogP contribution in [0.1, 0.15) is 6.92 Å². The minimum absolute atomic E-state index is 0.179. The topological polar surface area (TPSA) is 38.3 Å². The minimum atomic E-state index is -0.570. The van der Waals surface area contributed by atoms with Crippen molar-refractivity contribution in [1.82, 2.24) is 0 Å². The lowest BCUT2D eigenvalue weighted by atomic mass is 10.3. The van der Waals surface area contributed by atoms with Crippen LogP contribution in [-0.2, 0) is 4.79 Å². The van der Waals surface area contributed by atoms with Gasteiger partial charge in [-0.1, -0.05) is 30.3 Å². The molecule has 0 heterocycles. The number of halogens is 1. The van der Waals surface area contributed by atoms with Crippen molar-refractivity contribution in [3.8, 4) is 5.75 Å². The summed E-state index contributed by atoms with van der Waals surface area (Å²) in [6.45, 7) is 1.72. The second-order valence-electron chi connectivity index (χ2n) is 4.05. The third-order valence-electron chi connectivity index (χ3n) is 2.55. The summed E-state index contributed by atoms with van der Waals surface area (Å²) in [5, 5.41) is 2.80. The zero-order chi connectivity index (χ0) is 13.7. The Morgan fingerprint density at radius 1 is 1.11 bits per heavy atom. The van der Waals surface area contributed by atoms with Crippen LogP contribution in [0.5, 0.6) is 5.75 Å². The summed E-state index contributed by atoms with van der Waals surface area (Å²) in [4.78, 5) is 12.0. The maximum Gasteiger partial charge on any atom is 0.265 e. The number of rotatable bonds is 4. The van der Waals surface area contributed by atoms with Crippen LogP contribution in [0.2, 0.25) is 0 Å². The van der Waals surface area contributed by atoms with Gasteiger partial charge in [-0.25, -0.2) is 0 Å². The molecule has 19 heavy (non-hydrogen) atoms. The van der Waals surface area contributed by atoms with E-state index in [0.717, 1.165) is 10.2 Å². The van der Waals surface area contributed by atoms with Crippen molar-refractivity contribution in [2.45, 2.75) is 13.0 Å². The molecule has 0 spiro atoms. The summed E-state index contributed by atoms with van der Waals surface area (Å²) >= 11 is 3.38. The molecule has 2 rings (SSSR count). The van der Waals surface area contributed by atoms with Gasteiger partial charge >= 0.3 is 0 Å². The molecule has 1 amide bonds. The number of carbonyl (C=O) groups excluding carboxylic acids is 1. The number of hydrogen-bond donors (Lipinski definition) is 1. The van der Waals surface area contributed by atoms with Crippen molar-refractivity contribution in [1.29, 1.82) is 0 Å². The quantitative estimate of drug-likeness (QED) is 0.929. The summed E-state index contributed by atoms with van der Waals surface area (Å²) in [5.74, 6) is 0.472. The fourth-order valence-corrected chi connectivity index (χ4v) is 1.93. The number of ether oxygens (including phenoxy) is 1. The molecule has 0 aliphatic rings. The van der Waals surface area contributed by atoms with Crippen LogP contribution in [0.3, 0.4) is 0 Å². The first-order valence-corrected chi connectivity index (χ1v) is 6.73. The number of para-hydroxylation sites is 2. The fourth-order valence-electron chi connectivity index (χ4n) is 1.55. The van der Waals surface area contributed by atoms with E-state index >= 15 is 0 Å². The molecule has 3 nitrogen and oxygen atoms in total. The van der Waals surface area contributed by atoms with Crippen molar-refractivity contribution in [2.75, 3.05) is 5.32 Å². The Bertz CT molecular complexity index is 557. The molecule has 0 radical (unpaired) electrons. The lowest BCUT2D eigenvalue weighted by molar-refractivity contribution is -0.122. The molecule has 0 fully saturated rings. The lowest BCUT2D eigenvalue weighted by Gasteiger charge is -2.15. The van der Waals surface area contributed by atoms with Crippen LogP contribution >= 0.6 is 15.9 Å². The third kappa shape index (κ3) is 3.83. The highest BCUT2D eigenvalue weighted by atomic mass is 79.9. The van der Waals surface area contributed by atoms with Crippen LogP contribution in [0.15, 0.2) is 59.1 Å². The van der Waals surface area contributed by atoms with E-state index < -0.39 is 6.10 Å². The van der Waals surface area contributed by atoms with Crippen molar-refractivity contribution in [3.63, 3.8) is 0 Å². The summed E-state index contributed by atoms with van der Waals surface area (Å²) < 4.78 is 6.45. The summed E-state index contributed by atoms with van der Waals surface area (Å²) in [7, 11) is 0. The Labute approximate surface area is 120 Å². The van der Waals surface area contributed by atoms with Gasteiger partial charge in [0.2, 0.25) is 0 Å². The zero-order valence-corrected chi connectivity index (χ0v) is 12.1. The number of carbonyl (C=O) groups is 1. The number of hydrogen-bond acceptors (Lipinski definition) is 2. The predicted molar refractivity (Wildman–Crippen MR) is 79.3 cm³/mol. The normalized spacial score (nSPS) is 11.7. The van der Waals surface area contributed by atoms with Crippen LogP contribution in [0.4, 0.5) is 5.69 Å². The van der Waals surface area contributed by atoms with Gasteiger partial charge in [-0.15, -0.1) is 0 Å². The Kier molecular flexibility index (Phi) is 4.58. The van der Waals surface area contributed by atoms with Crippen LogP contribution in [0.25, 0.3) is 0 Å². The Hall–Kier alpha value is -1.81. The maximum atomic E-state index is 12.0. The molecule has 98 valence electrons. The van der Waals surface area contributed by atoms with E-state index in [1.807, 2.05) is 54.6 Å². The van der Waals surface area contributed by atoms with Crippen LogP contribution in [-0.4, -0.2) is 12.0 Å². The number of amides is 1. The second-order valence-corrected chi connectivity index (χ2v) is 4.90. The standard InChI is InChI=1S/C15H14BrNO2/c1-11(19-14-10-6-5-9-13(14)16)15(18)17-12-7-3-2-4-8-12/h2-11H,1H3,(H,17,18)/t11-/m0/s1. The van der Waals surface area contributed by atoms with Gasteiger partial charge in [-0.3, -0.25) is 4.79 Å². The molecule has 0 saturated heterocycles. The monoisotopic (exact) mass is 319 g/mol. The summed E-state index contributed by atoms with van der Waals surface area (Å²) in [6, 6.07) is 16.8. The van der Waals surface area contributed by atoms with Gasteiger partial charge in [0.05, 0.1) is 4.47 Å². The van der Waals surface area contributed by atoms with Gasteiger partial charge in [-0.2, -0.15) is 0 Å². The lowest BCUT2D eigenvalue weighted by Crippen LogP contribution is -2.30. The summed E-state index contributed by atoms with van der Waals surface area (Å²) in [5.41, 5.74) is 0.759. The van der Waals surface area contributed by atoms with Crippen LogP contribution < -0.4 is 10.1 Å². The molecule has 0 saturated carbocycles. The van der Waals surface area contributed by atoms with E-state index in [2.05, 4.69) is 21.2 Å². The molecule has 2 aromatic rings. The summed E-state index contributed by atoms with van der Waals surface area (Å²) in [6.07, 6.45) is -0.570. The average Bonchev–Trinajstić information content (AvgIpc) is 2.42. The molecule has 1 atom stereocenters. The smallest absolute Gasteiger partial charge is 0.265 e. The molecule has 0 bridgehead atoms. The van der Waals surface area contributed by atoms with Crippen molar-refractivity contribution < 1.29 is 9.53 Å². The highest BCUT2D eigenvalue weighted by molar-refractivity contribution is 9.10. The van der Waals surface area contributed by atoms with Crippen LogP contribution in [0, 0.1) is 0 Å². The molecule has 4 heteroatoms. The molecule has 0 aromatic heterocycles. The van der Waals surface area contributed by atoms with E-state index in [4.69, 9.17) is 4.74 Å². The van der Waals surface area contributed by atoms with Gasteiger partial charge in [-0.05, 0) is 47.1 Å². The first kappa shape index (κ1) is 13.6. The maximum absolute atomic E-state index is 12.0. The van der Waals surface area contributed by atoms with E-state index in [0.29, 0.717) is 5.75 Å². The van der Waals surface area contributed by atoms with E-state index in [-0.39, 0.29) is 5.91 Å². The number of nitrogens with one attached hydrogen (secondary N) is 1. The van der Waals surface area contributed by atoms with E-state index in [1.54, 1.807) is 6.92 Å². The number of benzene rings is 2. The first-order valence-electron chi connectivity index (χ1n) is 5.94. The molecule has 0 aliphatic carbocycles. The molecular formula is C15H14BrNO2. The number of anilines is 1. The Morgan fingerprint density at radius 2 is 1.74 bits per heavy atom. The third-order valence-corrected chi connectivity index (χ3v) is 3.21. The molecule has 1 N–H and O–H groups in total. The van der Waals surface area contributed by atoms with Crippen molar-refractivity contribution in [3.05, 3.63) is 59.1 Å². The molecule has 0 aliphatic heterocycles. The highest BCUT2D eigenvalue weighted by Gasteiger charge is 2.15. The minimum Gasteiger partial charge on any atom is -0.480 e. The predicted octanol–water partition coefficient (Wildman–Crippen LogP) is 3.86. The van der Waals surface area contributed by atoms with Gasteiger partial charge < -0.3 is 10.1 Å². The largest absolute Gasteiger partial charge is 0.480 e. The first-order chi connectivity index (χ1) is 9.16. The van der Waals surface area contributed by atoms with E-state index in [1.165, 1.54) is 0 Å². The van der Waals surface area contributed by atoms with Gasteiger partial charge in [0.15, 0.2) is 6.10 Å². The SMILES string of the molecule is C[C@H](Oc1ccccc1Br)C(=O)Nc1ccccc1. The fraction of sp³-hybridized carbons (Fsp3) is 0.133. The van der Waals surface area contributed by atoms with Gasteiger partial charge in [0, 0.05) is 5.69 Å². The second kappa shape index (κ2) is 6.38. The Balaban J connectivity index is 1.98. The van der Waals surface area contributed by atoms with Crippen molar-refractivity contribution in [2.24, 2.45) is 0 Å². The van der Waals surface area contributed by atoms with E-state index in [9.17, 15) is 4.79 Å². The molecule has 0 unspecified atom stereocenters. The van der Waals surface area contributed by atoms with Gasteiger partial charge in [0.1, 0.15) is 5.75 Å². The van der Waals surface area contributed by atoms with Gasteiger partial charge in [0.25, 0.3) is 5.91 Å². The molecular weight excluding hydrogens is 306 g/mol. The zero-order valence-electron chi connectivity index (χ0n) is 10.5. The van der Waals surface area contributed by atoms with Crippen molar-refractivity contribution >= 4 is 27.5 Å². The molecule has 2 aromatic carbocycles. The Morgan fingerprint density at radius 3 is 2.42 bits per heavy atom. The highest BCUT2D eigenvalue weighted by Crippen LogP contribution is 2.25.